The minimum atomic E-state index is -0.218. The molecule has 1 saturated carbocycles. The molecule has 0 radical (unpaired) electrons. The van der Waals surface area contributed by atoms with E-state index in [9.17, 15) is 9.59 Å². The second kappa shape index (κ2) is 6.06. The summed E-state index contributed by atoms with van der Waals surface area (Å²) in [5, 5.41) is 3.96. The van der Waals surface area contributed by atoms with Crippen molar-refractivity contribution in [3.8, 4) is 0 Å². The van der Waals surface area contributed by atoms with Crippen molar-refractivity contribution in [2.45, 2.75) is 38.5 Å². The predicted octanol–water partition coefficient (Wildman–Crippen LogP) is 0.816. The van der Waals surface area contributed by atoms with Crippen molar-refractivity contribution in [1.29, 1.82) is 0 Å². The third-order valence-electron chi connectivity index (χ3n) is 4.40. The summed E-state index contributed by atoms with van der Waals surface area (Å²) < 4.78 is 5.21. The summed E-state index contributed by atoms with van der Waals surface area (Å²) in [6, 6.07) is 0. The zero-order chi connectivity index (χ0) is 15.7. The molecule has 1 atom stereocenters. The Bertz CT molecular complexity index is 567. The first kappa shape index (κ1) is 15.0. The molecule has 22 heavy (non-hydrogen) atoms. The van der Waals surface area contributed by atoms with Crippen molar-refractivity contribution in [3.05, 3.63) is 11.7 Å². The van der Waals surface area contributed by atoms with Crippen LogP contribution in [0.3, 0.4) is 0 Å². The highest BCUT2D eigenvalue weighted by Crippen LogP contribution is 2.38. The Morgan fingerprint density at radius 1 is 1.45 bits per heavy atom. The van der Waals surface area contributed by atoms with Gasteiger partial charge in [0, 0.05) is 45.4 Å². The number of likely N-dealkylation sites (N-methyl/N-ethyl adjacent to an activating group) is 1. The number of carbonyl (C=O) groups excluding carboxylic acids is 2. The maximum absolute atomic E-state index is 12.4. The lowest BCUT2D eigenvalue weighted by molar-refractivity contribution is -0.134. The summed E-state index contributed by atoms with van der Waals surface area (Å²) in [5.74, 6) is 1.70. The molecule has 1 aromatic rings. The lowest BCUT2D eigenvalue weighted by Crippen LogP contribution is -2.36. The number of nitrogens with zero attached hydrogens (tertiary/aromatic N) is 4. The van der Waals surface area contributed by atoms with Crippen LogP contribution in [0, 0.1) is 5.92 Å². The van der Waals surface area contributed by atoms with Gasteiger partial charge in [-0.15, -0.1) is 0 Å². The highest BCUT2D eigenvalue weighted by Gasteiger charge is 2.35. The Labute approximate surface area is 129 Å². The molecule has 1 aromatic heterocycles. The van der Waals surface area contributed by atoms with Crippen molar-refractivity contribution in [2.24, 2.45) is 5.92 Å². The van der Waals surface area contributed by atoms with Crippen LogP contribution in [-0.4, -0.2) is 58.4 Å². The number of hydrogen-bond acceptors (Lipinski definition) is 5. The summed E-state index contributed by atoms with van der Waals surface area (Å²) in [7, 11) is 1.77. The molecule has 7 heteroatoms. The highest BCUT2D eigenvalue weighted by molar-refractivity contribution is 5.89. The van der Waals surface area contributed by atoms with Crippen molar-refractivity contribution < 1.29 is 14.1 Å². The largest absolute Gasteiger partial charge is 0.345 e. The quantitative estimate of drug-likeness (QED) is 0.777. The lowest BCUT2D eigenvalue weighted by atomic mass is 10.1. The Morgan fingerprint density at radius 2 is 2.23 bits per heavy atom. The van der Waals surface area contributed by atoms with Crippen LogP contribution in [0.4, 0.5) is 0 Å². The molecule has 120 valence electrons. The van der Waals surface area contributed by atoms with E-state index in [1.807, 2.05) is 6.92 Å². The van der Waals surface area contributed by atoms with Gasteiger partial charge in [-0.3, -0.25) is 9.59 Å². The molecule has 1 saturated heterocycles. The number of carbonyl (C=O) groups is 2. The smallest absolute Gasteiger partial charge is 0.229 e. The summed E-state index contributed by atoms with van der Waals surface area (Å²) in [4.78, 5) is 31.9. The molecule has 7 nitrogen and oxygen atoms in total. The number of hydrogen-bond donors (Lipinski definition) is 0. The van der Waals surface area contributed by atoms with E-state index in [0.29, 0.717) is 44.2 Å². The zero-order valence-corrected chi connectivity index (χ0v) is 13.1. The summed E-state index contributed by atoms with van der Waals surface area (Å²) in [5.41, 5.74) is 0. The maximum atomic E-state index is 12.4. The van der Waals surface area contributed by atoms with E-state index in [2.05, 4.69) is 10.1 Å². The topological polar surface area (TPSA) is 79.5 Å². The van der Waals surface area contributed by atoms with Gasteiger partial charge in [0.25, 0.3) is 0 Å². The van der Waals surface area contributed by atoms with Crippen LogP contribution in [0.5, 0.6) is 0 Å². The average Bonchev–Trinajstić information content (AvgIpc) is 3.14. The fourth-order valence-electron chi connectivity index (χ4n) is 2.80. The SMILES string of the molecule is CCN1C[C@@H](C(=O)N(C)CCc2noc(C3CC3)n2)CC1=O. The Balaban J connectivity index is 1.49. The standard InChI is InChI=1S/C15H22N4O3/c1-3-19-9-11(8-13(19)20)15(21)18(2)7-6-12-16-14(22-17-12)10-4-5-10/h10-11H,3-9H2,1-2H3/t11-/m0/s1. The number of aromatic nitrogens is 2. The van der Waals surface area contributed by atoms with Crippen LogP contribution >= 0.6 is 0 Å². The van der Waals surface area contributed by atoms with E-state index in [1.165, 1.54) is 0 Å². The van der Waals surface area contributed by atoms with E-state index in [0.717, 1.165) is 18.7 Å². The number of amides is 2. The van der Waals surface area contributed by atoms with Gasteiger partial charge in [0.15, 0.2) is 5.82 Å². The fourth-order valence-corrected chi connectivity index (χ4v) is 2.80. The van der Waals surface area contributed by atoms with E-state index in [-0.39, 0.29) is 17.7 Å². The molecule has 2 aliphatic rings. The Morgan fingerprint density at radius 3 is 2.86 bits per heavy atom. The molecule has 2 fully saturated rings. The molecule has 2 amide bonds. The summed E-state index contributed by atoms with van der Waals surface area (Å²) in [6.07, 6.45) is 3.16. The third kappa shape index (κ3) is 3.13. The molecule has 1 aliphatic heterocycles. The van der Waals surface area contributed by atoms with Crippen molar-refractivity contribution in [3.63, 3.8) is 0 Å². The van der Waals surface area contributed by atoms with Gasteiger partial charge in [-0.1, -0.05) is 5.16 Å². The molecule has 0 N–H and O–H groups in total. The molecule has 0 spiro atoms. The van der Waals surface area contributed by atoms with Gasteiger partial charge in [-0.05, 0) is 19.8 Å². The Hall–Kier alpha value is -1.92. The van der Waals surface area contributed by atoms with E-state index in [4.69, 9.17) is 4.52 Å². The molecule has 2 heterocycles. The molecule has 3 rings (SSSR count). The van der Waals surface area contributed by atoms with Crippen LogP contribution in [0.15, 0.2) is 4.52 Å². The molecular weight excluding hydrogens is 284 g/mol. The van der Waals surface area contributed by atoms with Crippen LogP contribution in [0.25, 0.3) is 0 Å². The van der Waals surface area contributed by atoms with Gasteiger partial charge in [0.05, 0.1) is 5.92 Å². The van der Waals surface area contributed by atoms with Gasteiger partial charge >= 0.3 is 0 Å². The van der Waals surface area contributed by atoms with Gasteiger partial charge in [-0.25, -0.2) is 0 Å². The summed E-state index contributed by atoms with van der Waals surface area (Å²) in [6.45, 7) is 3.67. The van der Waals surface area contributed by atoms with E-state index >= 15 is 0 Å². The zero-order valence-electron chi connectivity index (χ0n) is 13.1. The second-order valence-corrected chi connectivity index (χ2v) is 6.17. The first-order valence-corrected chi connectivity index (χ1v) is 7.93. The summed E-state index contributed by atoms with van der Waals surface area (Å²) >= 11 is 0. The average molecular weight is 306 g/mol. The highest BCUT2D eigenvalue weighted by atomic mass is 16.5. The van der Waals surface area contributed by atoms with E-state index < -0.39 is 0 Å². The van der Waals surface area contributed by atoms with Gasteiger partial charge in [0.1, 0.15) is 0 Å². The monoisotopic (exact) mass is 306 g/mol. The predicted molar refractivity (Wildman–Crippen MR) is 78.0 cm³/mol. The minimum Gasteiger partial charge on any atom is -0.345 e. The Kier molecular flexibility index (Phi) is 4.13. The van der Waals surface area contributed by atoms with E-state index in [1.54, 1.807) is 16.8 Å². The molecule has 0 aromatic carbocycles. The second-order valence-electron chi connectivity index (χ2n) is 6.17. The van der Waals surface area contributed by atoms with Crippen molar-refractivity contribution in [1.82, 2.24) is 19.9 Å². The third-order valence-corrected chi connectivity index (χ3v) is 4.40. The van der Waals surface area contributed by atoms with Gasteiger partial charge < -0.3 is 14.3 Å². The van der Waals surface area contributed by atoms with Crippen LogP contribution in [0.1, 0.15) is 43.8 Å². The van der Waals surface area contributed by atoms with Gasteiger partial charge in [0.2, 0.25) is 17.7 Å². The molecule has 0 bridgehead atoms. The van der Waals surface area contributed by atoms with Crippen molar-refractivity contribution >= 4 is 11.8 Å². The number of rotatable bonds is 6. The normalized spacial score (nSPS) is 21.5. The van der Waals surface area contributed by atoms with Crippen LogP contribution in [0.2, 0.25) is 0 Å². The molecular formula is C15H22N4O3. The van der Waals surface area contributed by atoms with Gasteiger partial charge in [-0.2, -0.15) is 4.98 Å². The molecule has 0 unspecified atom stereocenters. The van der Waals surface area contributed by atoms with Crippen LogP contribution in [-0.2, 0) is 16.0 Å². The fraction of sp³-hybridized carbons (Fsp3) is 0.733. The first-order chi connectivity index (χ1) is 10.6. The van der Waals surface area contributed by atoms with Crippen LogP contribution < -0.4 is 0 Å². The van der Waals surface area contributed by atoms with Crippen molar-refractivity contribution in [2.75, 3.05) is 26.7 Å². The minimum absolute atomic E-state index is 0.0233. The number of likely N-dealkylation sites (tertiary alicyclic amines) is 1. The maximum Gasteiger partial charge on any atom is 0.229 e. The first-order valence-electron chi connectivity index (χ1n) is 7.93. The molecule has 1 aliphatic carbocycles. The lowest BCUT2D eigenvalue weighted by Gasteiger charge is -2.20.